The summed E-state index contributed by atoms with van der Waals surface area (Å²) < 4.78 is 7.65. The van der Waals surface area contributed by atoms with Gasteiger partial charge in [0.2, 0.25) is 0 Å². The van der Waals surface area contributed by atoms with Crippen LogP contribution in [0.4, 0.5) is 0 Å². The van der Waals surface area contributed by atoms with Gasteiger partial charge in [0, 0.05) is 23.0 Å². The number of para-hydroxylation sites is 1. The first-order valence-corrected chi connectivity index (χ1v) is 9.42. The van der Waals surface area contributed by atoms with Crippen LogP contribution < -0.4 is 5.43 Å². The molecule has 1 amide bonds. The Kier molecular flexibility index (Phi) is 5.31. The van der Waals surface area contributed by atoms with Gasteiger partial charge in [-0.2, -0.15) is 5.10 Å². The smallest absolute Gasteiger partial charge is 0.273 e. The van der Waals surface area contributed by atoms with Gasteiger partial charge in [-0.3, -0.25) is 4.79 Å². The summed E-state index contributed by atoms with van der Waals surface area (Å²) in [5.41, 5.74) is 5.74. The molecule has 2 heterocycles. The summed E-state index contributed by atoms with van der Waals surface area (Å²) in [7, 11) is 0. The highest BCUT2D eigenvalue weighted by Gasteiger charge is 2.11. The minimum Gasteiger partial charge on any atom is -0.455 e. The molecule has 0 spiro atoms. The van der Waals surface area contributed by atoms with Crippen LogP contribution in [-0.4, -0.2) is 16.7 Å². The Morgan fingerprint density at radius 3 is 2.66 bits per heavy atom. The number of hydrogen-bond acceptors (Lipinski definition) is 3. The van der Waals surface area contributed by atoms with E-state index in [0.29, 0.717) is 22.1 Å². The molecule has 0 saturated carbocycles. The van der Waals surface area contributed by atoms with Crippen molar-refractivity contribution in [1.29, 1.82) is 0 Å². The lowest BCUT2D eigenvalue weighted by Gasteiger charge is -2.08. The maximum absolute atomic E-state index is 12.6. The number of amides is 1. The Morgan fingerprint density at radius 1 is 1.07 bits per heavy atom. The number of carbonyl (C=O) groups is 1. The number of furan rings is 1. The van der Waals surface area contributed by atoms with Gasteiger partial charge >= 0.3 is 0 Å². The zero-order valence-electron chi connectivity index (χ0n) is 15.7. The van der Waals surface area contributed by atoms with Crippen LogP contribution >= 0.6 is 11.6 Å². The number of nitrogens with one attached hydrogen (secondary N) is 1. The fraction of sp³-hybridized carbons (Fsp3) is 0.0435. The second-order valence-corrected chi connectivity index (χ2v) is 6.88. The third-order valence-electron chi connectivity index (χ3n) is 4.47. The summed E-state index contributed by atoms with van der Waals surface area (Å²) in [6.07, 6.45) is 5.24. The molecule has 1 N–H and O–H groups in total. The molecule has 144 valence electrons. The summed E-state index contributed by atoms with van der Waals surface area (Å²) in [5.74, 6) is 0.899. The summed E-state index contributed by atoms with van der Waals surface area (Å²) >= 11 is 6.18. The Balaban J connectivity index is 1.47. The molecule has 0 radical (unpaired) electrons. The quantitative estimate of drug-likeness (QED) is 0.355. The van der Waals surface area contributed by atoms with E-state index in [1.807, 2.05) is 78.5 Å². The van der Waals surface area contributed by atoms with Crippen molar-refractivity contribution in [3.63, 3.8) is 0 Å². The maximum Gasteiger partial charge on any atom is 0.273 e. The van der Waals surface area contributed by atoms with Crippen molar-refractivity contribution in [1.82, 2.24) is 9.99 Å². The van der Waals surface area contributed by atoms with E-state index in [1.165, 1.54) is 6.21 Å². The normalized spacial score (nSPS) is 11.1. The molecule has 0 saturated heterocycles. The maximum atomic E-state index is 12.6. The van der Waals surface area contributed by atoms with E-state index in [1.54, 1.807) is 12.1 Å². The molecule has 0 aliphatic heterocycles. The third-order valence-corrected chi connectivity index (χ3v) is 4.88. The molecule has 0 atom stereocenters. The SMILES string of the molecule is Cc1ccc(-c2ccc(C=NNC(=O)c3ccccc3-n3cccc3)o2)cc1Cl. The zero-order chi connectivity index (χ0) is 20.2. The largest absolute Gasteiger partial charge is 0.455 e. The standard InChI is InChI=1S/C23H18ClN3O2/c1-16-8-9-17(14-20(16)24)22-11-10-18(29-22)15-25-26-23(28)19-6-2-3-7-21(19)27-12-4-5-13-27/h2-15H,1H3,(H,26,28). The molecule has 0 aliphatic rings. The number of hydrazone groups is 1. The average molecular weight is 404 g/mol. The number of benzene rings is 2. The van der Waals surface area contributed by atoms with E-state index in [9.17, 15) is 4.79 Å². The predicted molar refractivity (Wildman–Crippen MR) is 115 cm³/mol. The zero-order valence-corrected chi connectivity index (χ0v) is 16.4. The fourth-order valence-corrected chi connectivity index (χ4v) is 3.10. The van der Waals surface area contributed by atoms with Crippen LogP contribution in [0.3, 0.4) is 0 Å². The minimum atomic E-state index is -0.303. The second kappa shape index (κ2) is 8.20. The van der Waals surface area contributed by atoms with Crippen LogP contribution in [0.2, 0.25) is 5.02 Å². The lowest BCUT2D eigenvalue weighted by Crippen LogP contribution is -2.19. The molecule has 0 fully saturated rings. The van der Waals surface area contributed by atoms with Gasteiger partial charge in [-0.05, 0) is 55.0 Å². The summed E-state index contributed by atoms with van der Waals surface area (Å²) in [4.78, 5) is 12.6. The van der Waals surface area contributed by atoms with Gasteiger partial charge in [0.15, 0.2) is 0 Å². The first-order valence-electron chi connectivity index (χ1n) is 9.04. The van der Waals surface area contributed by atoms with Gasteiger partial charge in [-0.1, -0.05) is 35.9 Å². The van der Waals surface area contributed by atoms with Gasteiger partial charge in [-0.25, -0.2) is 5.43 Å². The van der Waals surface area contributed by atoms with Gasteiger partial charge < -0.3 is 8.98 Å². The van der Waals surface area contributed by atoms with Gasteiger partial charge in [0.05, 0.1) is 17.5 Å². The molecule has 2 aromatic carbocycles. The average Bonchev–Trinajstić information content (AvgIpc) is 3.42. The van der Waals surface area contributed by atoms with Crippen LogP contribution in [0.25, 0.3) is 17.0 Å². The van der Waals surface area contributed by atoms with E-state index in [0.717, 1.165) is 16.8 Å². The monoisotopic (exact) mass is 403 g/mol. The number of carbonyl (C=O) groups excluding carboxylic acids is 1. The summed E-state index contributed by atoms with van der Waals surface area (Å²) in [5, 5.41) is 4.71. The van der Waals surface area contributed by atoms with Crippen molar-refractivity contribution in [3.05, 3.63) is 101 Å². The van der Waals surface area contributed by atoms with E-state index in [2.05, 4.69) is 10.5 Å². The molecular weight excluding hydrogens is 386 g/mol. The second-order valence-electron chi connectivity index (χ2n) is 6.47. The van der Waals surface area contributed by atoms with Crippen LogP contribution in [0, 0.1) is 6.92 Å². The number of aryl methyl sites for hydroxylation is 1. The van der Waals surface area contributed by atoms with Crippen molar-refractivity contribution < 1.29 is 9.21 Å². The first-order chi connectivity index (χ1) is 14.1. The highest BCUT2D eigenvalue weighted by atomic mass is 35.5. The van der Waals surface area contributed by atoms with Gasteiger partial charge in [0.25, 0.3) is 5.91 Å². The van der Waals surface area contributed by atoms with Crippen molar-refractivity contribution in [2.24, 2.45) is 5.10 Å². The van der Waals surface area contributed by atoms with Crippen molar-refractivity contribution >= 4 is 23.7 Å². The first kappa shape index (κ1) is 18.8. The molecule has 0 bridgehead atoms. The molecule has 5 nitrogen and oxygen atoms in total. The lowest BCUT2D eigenvalue weighted by atomic mass is 10.1. The van der Waals surface area contributed by atoms with E-state index < -0.39 is 0 Å². The molecule has 0 unspecified atom stereocenters. The number of nitrogens with zero attached hydrogens (tertiary/aromatic N) is 2. The van der Waals surface area contributed by atoms with Crippen LogP contribution in [0.5, 0.6) is 0 Å². The Hall–Kier alpha value is -3.57. The van der Waals surface area contributed by atoms with Crippen molar-refractivity contribution in [2.75, 3.05) is 0 Å². The molecule has 4 aromatic rings. The molecule has 0 aliphatic carbocycles. The number of aromatic nitrogens is 1. The Bertz CT molecular complexity index is 1180. The number of halogens is 1. The number of hydrogen-bond donors (Lipinski definition) is 1. The van der Waals surface area contributed by atoms with Crippen LogP contribution in [0.1, 0.15) is 21.7 Å². The molecule has 4 rings (SSSR count). The lowest BCUT2D eigenvalue weighted by molar-refractivity contribution is 0.0955. The minimum absolute atomic E-state index is 0.303. The topological polar surface area (TPSA) is 59.5 Å². The molecule has 29 heavy (non-hydrogen) atoms. The van der Waals surface area contributed by atoms with Gasteiger partial charge in [-0.15, -0.1) is 0 Å². The summed E-state index contributed by atoms with van der Waals surface area (Å²) in [6, 6.07) is 20.5. The highest BCUT2D eigenvalue weighted by molar-refractivity contribution is 6.31. The van der Waals surface area contributed by atoms with Crippen LogP contribution in [0.15, 0.2) is 88.6 Å². The molecule has 6 heteroatoms. The fourth-order valence-electron chi connectivity index (χ4n) is 2.92. The van der Waals surface area contributed by atoms with Crippen LogP contribution in [-0.2, 0) is 0 Å². The van der Waals surface area contributed by atoms with E-state index in [-0.39, 0.29) is 5.91 Å². The predicted octanol–water partition coefficient (Wildman–Crippen LogP) is 5.46. The van der Waals surface area contributed by atoms with Crippen molar-refractivity contribution in [3.8, 4) is 17.0 Å². The molecular formula is C23H18ClN3O2. The van der Waals surface area contributed by atoms with E-state index >= 15 is 0 Å². The highest BCUT2D eigenvalue weighted by Crippen LogP contribution is 2.26. The summed E-state index contributed by atoms with van der Waals surface area (Å²) in [6.45, 7) is 1.95. The van der Waals surface area contributed by atoms with Gasteiger partial charge in [0.1, 0.15) is 11.5 Å². The Morgan fingerprint density at radius 2 is 1.86 bits per heavy atom. The van der Waals surface area contributed by atoms with E-state index in [4.69, 9.17) is 16.0 Å². The Labute approximate surface area is 173 Å². The number of rotatable bonds is 5. The molecule has 2 aromatic heterocycles. The van der Waals surface area contributed by atoms with Crippen molar-refractivity contribution in [2.45, 2.75) is 6.92 Å². The third kappa shape index (κ3) is 4.15.